The second kappa shape index (κ2) is 5.79. The molecule has 0 fully saturated rings. The smallest absolute Gasteiger partial charge is 0.000521 e. The first-order valence-corrected chi connectivity index (χ1v) is 3.22. The van der Waals surface area contributed by atoms with E-state index in [2.05, 4.69) is 6.58 Å². The molecule has 0 bridgehead atoms. The molecule has 0 aliphatic carbocycles. The van der Waals surface area contributed by atoms with Gasteiger partial charge in [-0.3, -0.25) is 0 Å². The van der Waals surface area contributed by atoms with Crippen LogP contribution in [-0.4, -0.2) is 13.1 Å². The first kappa shape index (κ1) is 8.66. The summed E-state index contributed by atoms with van der Waals surface area (Å²) in [6, 6.07) is 0. The van der Waals surface area contributed by atoms with Gasteiger partial charge in [0.1, 0.15) is 0 Å². The van der Waals surface area contributed by atoms with E-state index in [9.17, 15) is 0 Å². The fourth-order valence-electron chi connectivity index (χ4n) is 0.700. The van der Waals surface area contributed by atoms with E-state index in [0.29, 0.717) is 13.1 Å². The third-order valence-corrected chi connectivity index (χ3v) is 1.22. The molecule has 0 saturated carbocycles. The third kappa shape index (κ3) is 4.18. The molecule has 0 aromatic carbocycles. The summed E-state index contributed by atoms with van der Waals surface area (Å²) in [7, 11) is 0. The highest BCUT2D eigenvalue weighted by atomic mass is 14.5. The van der Waals surface area contributed by atoms with E-state index in [0.717, 1.165) is 12.8 Å². The summed E-state index contributed by atoms with van der Waals surface area (Å²) in [6.45, 7) is 5.04. The standard InChI is InChI=1S/C7H15N2/c1-2-7(3-5-8)4-6-9/h2H,1,3-6,8-9H2. The molecule has 0 amide bonds. The lowest BCUT2D eigenvalue weighted by Gasteiger charge is -2.06. The van der Waals surface area contributed by atoms with Crippen LogP contribution in [-0.2, 0) is 0 Å². The summed E-state index contributed by atoms with van der Waals surface area (Å²) < 4.78 is 0. The molecule has 0 aliphatic heterocycles. The maximum atomic E-state index is 5.33. The zero-order chi connectivity index (χ0) is 7.11. The van der Waals surface area contributed by atoms with Gasteiger partial charge in [0.25, 0.3) is 0 Å². The number of allylic oxidation sites excluding steroid dienone is 1. The molecule has 0 aliphatic rings. The van der Waals surface area contributed by atoms with Crippen molar-refractivity contribution in [2.45, 2.75) is 12.8 Å². The lowest BCUT2D eigenvalue weighted by molar-refractivity contribution is 0.776. The predicted molar refractivity (Wildman–Crippen MR) is 40.8 cm³/mol. The summed E-state index contributed by atoms with van der Waals surface area (Å²) in [5.41, 5.74) is 10.7. The van der Waals surface area contributed by atoms with Gasteiger partial charge in [-0.15, -0.1) is 6.58 Å². The van der Waals surface area contributed by atoms with Crippen molar-refractivity contribution in [3.8, 4) is 0 Å². The normalized spacial score (nSPS) is 10.1. The van der Waals surface area contributed by atoms with Crippen molar-refractivity contribution in [2.75, 3.05) is 13.1 Å². The molecule has 0 aromatic heterocycles. The van der Waals surface area contributed by atoms with E-state index in [1.807, 2.05) is 6.08 Å². The van der Waals surface area contributed by atoms with Gasteiger partial charge in [0, 0.05) is 0 Å². The first-order chi connectivity index (χ1) is 4.35. The molecular formula is C7H15N2. The van der Waals surface area contributed by atoms with Gasteiger partial charge in [0.15, 0.2) is 0 Å². The van der Waals surface area contributed by atoms with Crippen LogP contribution in [0, 0.1) is 5.92 Å². The molecule has 0 atom stereocenters. The van der Waals surface area contributed by atoms with Crippen molar-refractivity contribution >= 4 is 0 Å². The van der Waals surface area contributed by atoms with Gasteiger partial charge in [-0.25, -0.2) is 0 Å². The van der Waals surface area contributed by atoms with Gasteiger partial charge in [0.05, 0.1) is 0 Å². The number of hydrogen-bond donors (Lipinski definition) is 2. The molecule has 0 aromatic rings. The fourth-order valence-corrected chi connectivity index (χ4v) is 0.700. The van der Waals surface area contributed by atoms with Gasteiger partial charge in [-0.2, -0.15) is 0 Å². The monoisotopic (exact) mass is 127 g/mol. The van der Waals surface area contributed by atoms with Crippen LogP contribution in [0.3, 0.4) is 0 Å². The quantitative estimate of drug-likeness (QED) is 0.563. The van der Waals surface area contributed by atoms with E-state index in [1.54, 1.807) is 0 Å². The Morgan fingerprint density at radius 2 is 1.67 bits per heavy atom. The zero-order valence-corrected chi connectivity index (χ0v) is 5.77. The Labute approximate surface area is 56.9 Å². The first-order valence-electron chi connectivity index (χ1n) is 3.22. The third-order valence-electron chi connectivity index (χ3n) is 1.22. The number of nitrogens with two attached hydrogens (primary N) is 2. The highest BCUT2D eigenvalue weighted by Crippen LogP contribution is 2.09. The number of rotatable bonds is 5. The van der Waals surface area contributed by atoms with Gasteiger partial charge < -0.3 is 11.5 Å². The fraction of sp³-hybridized carbons (Fsp3) is 0.571. The topological polar surface area (TPSA) is 52.0 Å². The highest BCUT2D eigenvalue weighted by Gasteiger charge is 1.99. The molecule has 0 rings (SSSR count). The van der Waals surface area contributed by atoms with E-state index in [-0.39, 0.29) is 0 Å². The number of hydrogen-bond acceptors (Lipinski definition) is 2. The molecule has 0 spiro atoms. The molecule has 0 unspecified atom stereocenters. The van der Waals surface area contributed by atoms with Crippen molar-refractivity contribution in [1.29, 1.82) is 0 Å². The van der Waals surface area contributed by atoms with Crippen LogP contribution < -0.4 is 11.5 Å². The minimum Gasteiger partial charge on any atom is -0.330 e. The SMILES string of the molecule is C=C[C](CCN)CCN. The highest BCUT2D eigenvalue weighted by molar-refractivity contribution is 5.05. The largest absolute Gasteiger partial charge is 0.330 e. The van der Waals surface area contributed by atoms with Crippen LogP contribution in [0.2, 0.25) is 0 Å². The molecule has 0 saturated heterocycles. The predicted octanol–water partition coefficient (Wildman–Crippen LogP) is 0.444. The summed E-state index contributed by atoms with van der Waals surface area (Å²) in [6.07, 6.45) is 3.71. The van der Waals surface area contributed by atoms with Crippen molar-refractivity contribution in [3.05, 3.63) is 18.6 Å². The summed E-state index contributed by atoms with van der Waals surface area (Å²) in [4.78, 5) is 0. The molecular weight excluding hydrogens is 112 g/mol. The van der Waals surface area contributed by atoms with Gasteiger partial charge in [0.2, 0.25) is 0 Å². The lowest BCUT2D eigenvalue weighted by Crippen LogP contribution is -2.09. The van der Waals surface area contributed by atoms with Crippen LogP contribution in [0.15, 0.2) is 12.7 Å². The lowest BCUT2D eigenvalue weighted by atomic mass is 10.0. The van der Waals surface area contributed by atoms with Gasteiger partial charge >= 0.3 is 0 Å². The molecule has 0 heterocycles. The summed E-state index contributed by atoms with van der Waals surface area (Å²) in [5.74, 6) is 1.26. The molecule has 53 valence electrons. The molecule has 1 radical (unpaired) electrons. The second-order valence-corrected chi connectivity index (χ2v) is 1.94. The average Bonchev–Trinajstić information content (AvgIpc) is 1.88. The Hall–Kier alpha value is -0.340. The van der Waals surface area contributed by atoms with E-state index in [4.69, 9.17) is 11.5 Å². The molecule has 2 heteroatoms. The molecule has 4 N–H and O–H groups in total. The summed E-state index contributed by atoms with van der Waals surface area (Å²) in [5, 5.41) is 0. The van der Waals surface area contributed by atoms with Crippen LogP contribution in [0.25, 0.3) is 0 Å². The van der Waals surface area contributed by atoms with Crippen LogP contribution >= 0.6 is 0 Å². The van der Waals surface area contributed by atoms with Gasteiger partial charge in [-0.1, -0.05) is 6.08 Å². The molecule has 2 nitrogen and oxygen atoms in total. The Bertz CT molecular complexity index is 65.3. The maximum Gasteiger partial charge on any atom is -0.000521 e. The van der Waals surface area contributed by atoms with Crippen LogP contribution in [0.1, 0.15) is 12.8 Å². The average molecular weight is 127 g/mol. The van der Waals surface area contributed by atoms with Crippen LogP contribution in [0.4, 0.5) is 0 Å². The van der Waals surface area contributed by atoms with Crippen LogP contribution in [0.5, 0.6) is 0 Å². The van der Waals surface area contributed by atoms with E-state index >= 15 is 0 Å². The Morgan fingerprint density at radius 3 is 1.89 bits per heavy atom. The Kier molecular flexibility index (Phi) is 5.57. The maximum absolute atomic E-state index is 5.33. The van der Waals surface area contributed by atoms with Crippen molar-refractivity contribution in [2.24, 2.45) is 11.5 Å². The van der Waals surface area contributed by atoms with E-state index < -0.39 is 0 Å². The second-order valence-electron chi connectivity index (χ2n) is 1.94. The molecule has 9 heavy (non-hydrogen) atoms. The van der Waals surface area contributed by atoms with E-state index in [1.165, 1.54) is 5.92 Å². The zero-order valence-electron chi connectivity index (χ0n) is 5.77. The van der Waals surface area contributed by atoms with Crippen molar-refractivity contribution in [3.63, 3.8) is 0 Å². The van der Waals surface area contributed by atoms with Gasteiger partial charge in [-0.05, 0) is 31.8 Å². The summed E-state index contributed by atoms with van der Waals surface area (Å²) >= 11 is 0. The minimum atomic E-state index is 0.696. The van der Waals surface area contributed by atoms with Crippen molar-refractivity contribution in [1.82, 2.24) is 0 Å². The minimum absolute atomic E-state index is 0.696. The van der Waals surface area contributed by atoms with Crippen molar-refractivity contribution < 1.29 is 0 Å². The Morgan fingerprint density at radius 1 is 1.22 bits per heavy atom. The Balaban J connectivity index is 3.29.